The molecule has 0 aromatic rings. The molecule has 0 saturated heterocycles. The molecular formula is C61H110O6. The molecule has 0 fully saturated rings. The van der Waals surface area contributed by atoms with E-state index in [1.165, 1.54) is 180 Å². The minimum Gasteiger partial charge on any atom is -0.462 e. The van der Waals surface area contributed by atoms with Crippen molar-refractivity contribution in [3.63, 3.8) is 0 Å². The first-order chi connectivity index (χ1) is 33.0. The molecule has 0 N–H and O–H groups in total. The predicted molar refractivity (Wildman–Crippen MR) is 289 cm³/mol. The molecule has 0 aliphatic carbocycles. The quantitative estimate of drug-likeness (QED) is 0.0262. The first-order valence-electron chi connectivity index (χ1n) is 29.1. The standard InChI is InChI=1S/C61H110O6/c1-4-7-10-13-16-19-22-25-28-30-32-33-36-39-42-45-48-51-54-60(63)66-57-58(56-65-59(62)53-50-47-44-41-38-35-27-24-21-18-15-12-9-6-3)67-61(64)55-52-49-46-43-40-37-34-31-29-26-23-20-17-14-11-8-5-2/h17,19-20,22,26,28-30,58H,4-16,18,21,23-25,27,31-57H2,1-3H3/b20-17-,22-19-,29-26-,30-28-. The van der Waals surface area contributed by atoms with Crippen molar-refractivity contribution in [3.8, 4) is 0 Å². The van der Waals surface area contributed by atoms with Gasteiger partial charge in [-0.15, -0.1) is 0 Å². The van der Waals surface area contributed by atoms with Crippen LogP contribution in [0, 0.1) is 0 Å². The van der Waals surface area contributed by atoms with Crippen LogP contribution in [0.4, 0.5) is 0 Å². The molecule has 67 heavy (non-hydrogen) atoms. The van der Waals surface area contributed by atoms with Crippen LogP contribution < -0.4 is 0 Å². The highest BCUT2D eigenvalue weighted by Crippen LogP contribution is 2.16. The summed E-state index contributed by atoms with van der Waals surface area (Å²) in [4.78, 5) is 38.2. The van der Waals surface area contributed by atoms with Gasteiger partial charge in [0.05, 0.1) is 0 Å². The van der Waals surface area contributed by atoms with Crippen molar-refractivity contribution in [1.29, 1.82) is 0 Å². The maximum atomic E-state index is 12.9. The lowest BCUT2D eigenvalue weighted by Crippen LogP contribution is -2.30. The largest absolute Gasteiger partial charge is 0.462 e. The van der Waals surface area contributed by atoms with Crippen LogP contribution in [0.1, 0.15) is 303 Å². The third kappa shape index (κ3) is 54.2. The summed E-state index contributed by atoms with van der Waals surface area (Å²) in [6.45, 7) is 6.62. The van der Waals surface area contributed by atoms with E-state index < -0.39 is 6.10 Å². The van der Waals surface area contributed by atoms with Crippen LogP contribution in [0.15, 0.2) is 48.6 Å². The molecule has 1 unspecified atom stereocenters. The highest BCUT2D eigenvalue weighted by Gasteiger charge is 2.19. The van der Waals surface area contributed by atoms with E-state index in [4.69, 9.17) is 14.2 Å². The van der Waals surface area contributed by atoms with E-state index in [1.54, 1.807) is 0 Å². The summed E-state index contributed by atoms with van der Waals surface area (Å²) in [7, 11) is 0. The number of hydrogen-bond acceptors (Lipinski definition) is 6. The summed E-state index contributed by atoms with van der Waals surface area (Å²) in [5, 5.41) is 0. The number of unbranched alkanes of at least 4 members (excludes halogenated alkanes) is 34. The van der Waals surface area contributed by atoms with E-state index in [0.29, 0.717) is 19.3 Å². The molecule has 0 aromatic heterocycles. The molecule has 0 bridgehead atoms. The Morgan fingerprint density at radius 3 is 0.866 bits per heavy atom. The molecule has 0 aliphatic heterocycles. The Labute approximate surface area is 416 Å². The monoisotopic (exact) mass is 939 g/mol. The number of hydrogen-bond donors (Lipinski definition) is 0. The Bertz CT molecular complexity index is 1170. The van der Waals surface area contributed by atoms with Crippen molar-refractivity contribution in [3.05, 3.63) is 48.6 Å². The third-order valence-corrected chi connectivity index (χ3v) is 12.8. The van der Waals surface area contributed by atoms with Crippen molar-refractivity contribution in [2.75, 3.05) is 13.2 Å². The van der Waals surface area contributed by atoms with Gasteiger partial charge in [-0.2, -0.15) is 0 Å². The highest BCUT2D eigenvalue weighted by atomic mass is 16.6. The number of rotatable bonds is 53. The van der Waals surface area contributed by atoms with Gasteiger partial charge < -0.3 is 14.2 Å². The molecule has 0 saturated carbocycles. The van der Waals surface area contributed by atoms with Gasteiger partial charge in [-0.25, -0.2) is 0 Å². The number of allylic oxidation sites excluding steroid dienone is 8. The first kappa shape index (κ1) is 64.4. The van der Waals surface area contributed by atoms with Gasteiger partial charge >= 0.3 is 17.9 Å². The highest BCUT2D eigenvalue weighted by molar-refractivity contribution is 5.71. The van der Waals surface area contributed by atoms with Gasteiger partial charge in [0.25, 0.3) is 0 Å². The van der Waals surface area contributed by atoms with Crippen molar-refractivity contribution in [2.24, 2.45) is 0 Å². The summed E-state index contributed by atoms with van der Waals surface area (Å²) < 4.78 is 16.9. The molecule has 6 heteroatoms. The van der Waals surface area contributed by atoms with E-state index in [2.05, 4.69) is 69.4 Å². The molecule has 0 amide bonds. The van der Waals surface area contributed by atoms with Crippen LogP contribution in [-0.2, 0) is 28.6 Å². The van der Waals surface area contributed by atoms with Crippen LogP contribution >= 0.6 is 0 Å². The topological polar surface area (TPSA) is 78.9 Å². The normalized spacial score (nSPS) is 12.3. The zero-order valence-corrected chi connectivity index (χ0v) is 44.7. The van der Waals surface area contributed by atoms with E-state index in [1.807, 2.05) is 0 Å². The number of ether oxygens (including phenoxy) is 3. The van der Waals surface area contributed by atoms with Crippen molar-refractivity contribution in [1.82, 2.24) is 0 Å². The van der Waals surface area contributed by atoms with E-state index in [0.717, 1.165) is 83.5 Å². The van der Waals surface area contributed by atoms with E-state index >= 15 is 0 Å². The lowest BCUT2D eigenvalue weighted by atomic mass is 10.0. The summed E-state index contributed by atoms with van der Waals surface area (Å²) in [6, 6.07) is 0. The van der Waals surface area contributed by atoms with Gasteiger partial charge in [0.1, 0.15) is 13.2 Å². The molecule has 390 valence electrons. The second-order valence-corrected chi connectivity index (χ2v) is 19.6. The number of carbonyl (C=O) groups is 3. The molecule has 0 rings (SSSR count). The molecule has 1 atom stereocenters. The summed E-state index contributed by atoms with van der Waals surface area (Å²) in [5.74, 6) is -0.877. The Morgan fingerprint density at radius 1 is 0.299 bits per heavy atom. The molecule has 0 aromatic carbocycles. The van der Waals surface area contributed by atoms with Gasteiger partial charge in [-0.1, -0.05) is 249 Å². The minimum atomic E-state index is -0.778. The van der Waals surface area contributed by atoms with Gasteiger partial charge in [0, 0.05) is 19.3 Å². The second kappa shape index (κ2) is 56.0. The predicted octanol–water partition coefficient (Wildman–Crippen LogP) is 19.4. The van der Waals surface area contributed by atoms with Gasteiger partial charge in [-0.05, 0) is 83.5 Å². The van der Waals surface area contributed by atoms with Crippen LogP contribution in [0.5, 0.6) is 0 Å². The van der Waals surface area contributed by atoms with Crippen LogP contribution in [0.2, 0.25) is 0 Å². The summed E-state index contributed by atoms with van der Waals surface area (Å²) >= 11 is 0. The SMILES string of the molecule is CCCCC/C=C\C/C=C\CCCCCCCCCC(=O)OC(COC(=O)CCCCCCCCC/C=C\C/C=C\CCCCCC)COC(=O)CCCCCCCCCCCCCCCC. The smallest absolute Gasteiger partial charge is 0.306 e. The third-order valence-electron chi connectivity index (χ3n) is 12.8. The molecule has 0 spiro atoms. The van der Waals surface area contributed by atoms with Crippen LogP contribution in [-0.4, -0.2) is 37.2 Å². The molecule has 0 aliphatic rings. The average Bonchev–Trinajstić information content (AvgIpc) is 3.33. The maximum absolute atomic E-state index is 12.9. The maximum Gasteiger partial charge on any atom is 0.306 e. The Morgan fingerprint density at radius 2 is 0.537 bits per heavy atom. The Balaban J connectivity index is 4.37. The first-order valence-corrected chi connectivity index (χ1v) is 29.1. The van der Waals surface area contributed by atoms with Crippen molar-refractivity contribution in [2.45, 2.75) is 309 Å². The fourth-order valence-corrected chi connectivity index (χ4v) is 8.39. The van der Waals surface area contributed by atoms with Crippen LogP contribution in [0.3, 0.4) is 0 Å². The van der Waals surface area contributed by atoms with E-state index in [9.17, 15) is 14.4 Å². The van der Waals surface area contributed by atoms with Crippen molar-refractivity contribution < 1.29 is 28.6 Å². The zero-order chi connectivity index (χ0) is 48.6. The fraction of sp³-hybridized carbons (Fsp3) is 0.820. The van der Waals surface area contributed by atoms with Crippen molar-refractivity contribution >= 4 is 17.9 Å². The number of carbonyl (C=O) groups excluding carboxylic acids is 3. The summed E-state index contributed by atoms with van der Waals surface area (Å²) in [5.41, 5.74) is 0. The second-order valence-electron chi connectivity index (χ2n) is 19.6. The summed E-state index contributed by atoms with van der Waals surface area (Å²) in [6.07, 6.45) is 68.1. The zero-order valence-electron chi connectivity index (χ0n) is 44.7. The Kier molecular flexibility index (Phi) is 53.8. The fourth-order valence-electron chi connectivity index (χ4n) is 8.39. The lowest BCUT2D eigenvalue weighted by molar-refractivity contribution is -0.167. The molecular weight excluding hydrogens is 829 g/mol. The van der Waals surface area contributed by atoms with Crippen LogP contribution in [0.25, 0.3) is 0 Å². The molecule has 6 nitrogen and oxygen atoms in total. The van der Waals surface area contributed by atoms with Gasteiger partial charge in [-0.3, -0.25) is 14.4 Å². The minimum absolute atomic E-state index is 0.0760. The number of esters is 3. The Hall–Kier alpha value is -2.63. The van der Waals surface area contributed by atoms with Gasteiger partial charge in [0.15, 0.2) is 6.10 Å². The van der Waals surface area contributed by atoms with Gasteiger partial charge in [0.2, 0.25) is 0 Å². The molecule has 0 radical (unpaired) electrons. The van der Waals surface area contributed by atoms with E-state index in [-0.39, 0.29) is 31.1 Å². The average molecular weight is 940 g/mol. The lowest BCUT2D eigenvalue weighted by Gasteiger charge is -2.18. The molecule has 0 heterocycles.